The molecule has 4 heterocycles. The molecule has 1 aliphatic rings. The molecule has 8 heteroatoms. The van der Waals surface area contributed by atoms with Gasteiger partial charge in [-0.25, -0.2) is 4.98 Å². The number of rotatable bonds is 4. The summed E-state index contributed by atoms with van der Waals surface area (Å²) in [4.78, 5) is 27.0. The number of H-pyrrole nitrogens is 2. The van der Waals surface area contributed by atoms with Crippen molar-refractivity contribution in [1.29, 1.82) is 0 Å². The van der Waals surface area contributed by atoms with Gasteiger partial charge in [-0.1, -0.05) is 18.2 Å². The van der Waals surface area contributed by atoms with E-state index in [1.807, 2.05) is 47.4 Å². The summed E-state index contributed by atoms with van der Waals surface area (Å²) in [6, 6.07) is 15.2. The first-order chi connectivity index (χ1) is 14.7. The summed E-state index contributed by atoms with van der Waals surface area (Å²) in [5.74, 6) is 0.667. The van der Waals surface area contributed by atoms with Crippen LogP contribution in [0.5, 0.6) is 5.75 Å². The molecule has 3 aromatic heterocycles. The number of carbonyl (C=O) groups excluding carboxylic acids is 1. The second-order valence-electron chi connectivity index (χ2n) is 7.16. The zero-order valence-electron chi connectivity index (χ0n) is 16.4. The van der Waals surface area contributed by atoms with Gasteiger partial charge < -0.3 is 14.6 Å². The smallest absolute Gasteiger partial charge is 0.272 e. The van der Waals surface area contributed by atoms with Gasteiger partial charge >= 0.3 is 0 Å². The van der Waals surface area contributed by atoms with Crippen LogP contribution in [-0.2, 0) is 6.54 Å². The summed E-state index contributed by atoms with van der Waals surface area (Å²) in [5.41, 5.74) is 4.80. The maximum absolute atomic E-state index is 13.2. The van der Waals surface area contributed by atoms with Crippen molar-refractivity contribution in [3.8, 4) is 17.1 Å². The third-order valence-electron chi connectivity index (χ3n) is 5.37. The average Bonchev–Trinajstić information content (AvgIpc) is 3.48. The van der Waals surface area contributed by atoms with Crippen LogP contribution < -0.4 is 4.74 Å². The Morgan fingerprint density at radius 1 is 1.13 bits per heavy atom. The molecule has 1 unspecified atom stereocenters. The molecule has 0 saturated carbocycles. The molecule has 4 aromatic rings. The van der Waals surface area contributed by atoms with E-state index >= 15 is 0 Å². The van der Waals surface area contributed by atoms with Crippen molar-refractivity contribution >= 4 is 5.91 Å². The van der Waals surface area contributed by atoms with Crippen molar-refractivity contribution in [1.82, 2.24) is 30.0 Å². The predicted octanol–water partition coefficient (Wildman–Crippen LogP) is 2.99. The molecule has 30 heavy (non-hydrogen) atoms. The summed E-state index contributed by atoms with van der Waals surface area (Å²) >= 11 is 0. The Labute approximate surface area is 173 Å². The van der Waals surface area contributed by atoms with Gasteiger partial charge in [-0.05, 0) is 35.9 Å². The maximum Gasteiger partial charge on any atom is 0.272 e. The van der Waals surface area contributed by atoms with Gasteiger partial charge in [0, 0.05) is 18.7 Å². The number of benzene rings is 1. The Morgan fingerprint density at radius 3 is 2.77 bits per heavy atom. The molecule has 1 atom stereocenters. The van der Waals surface area contributed by atoms with E-state index in [0.29, 0.717) is 24.5 Å². The molecule has 1 aliphatic heterocycles. The van der Waals surface area contributed by atoms with Gasteiger partial charge in [0.15, 0.2) is 0 Å². The highest BCUT2D eigenvalue weighted by atomic mass is 16.5. The third kappa shape index (κ3) is 3.22. The Balaban J connectivity index is 1.42. The zero-order chi connectivity index (χ0) is 20.5. The van der Waals surface area contributed by atoms with Crippen LogP contribution in [0.1, 0.15) is 33.4 Å². The van der Waals surface area contributed by atoms with E-state index in [0.717, 1.165) is 28.4 Å². The van der Waals surface area contributed by atoms with Gasteiger partial charge in [0.25, 0.3) is 5.91 Å². The van der Waals surface area contributed by atoms with Crippen LogP contribution in [0.25, 0.3) is 11.4 Å². The molecule has 1 amide bonds. The minimum atomic E-state index is -0.108. The number of pyridine rings is 1. The van der Waals surface area contributed by atoms with Gasteiger partial charge in [0.2, 0.25) is 0 Å². The molecule has 1 aromatic carbocycles. The molecule has 0 aliphatic carbocycles. The normalized spacial score (nSPS) is 15.6. The predicted molar refractivity (Wildman–Crippen MR) is 110 cm³/mol. The summed E-state index contributed by atoms with van der Waals surface area (Å²) in [6.45, 7) is 1.000. The van der Waals surface area contributed by atoms with E-state index in [2.05, 4.69) is 25.1 Å². The van der Waals surface area contributed by atoms with Crippen LogP contribution >= 0.6 is 0 Å². The van der Waals surface area contributed by atoms with E-state index in [9.17, 15) is 4.79 Å². The molecule has 8 nitrogen and oxygen atoms in total. The van der Waals surface area contributed by atoms with Gasteiger partial charge in [0.1, 0.15) is 17.1 Å². The van der Waals surface area contributed by atoms with Gasteiger partial charge in [0.05, 0.1) is 37.1 Å². The summed E-state index contributed by atoms with van der Waals surface area (Å²) in [5, 5.41) is 7.13. The quantitative estimate of drug-likeness (QED) is 0.549. The zero-order valence-corrected chi connectivity index (χ0v) is 16.4. The Bertz CT molecular complexity index is 1170. The molecule has 0 saturated heterocycles. The van der Waals surface area contributed by atoms with Crippen molar-refractivity contribution in [3.63, 3.8) is 0 Å². The molecule has 2 N–H and O–H groups in total. The van der Waals surface area contributed by atoms with Crippen molar-refractivity contribution in [3.05, 3.63) is 83.7 Å². The first-order valence-corrected chi connectivity index (χ1v) is 9.65. The van der Waals surface area contributed by atoms with Crippen LogP contribution in [-0.4, -0.2) is 49.6 Å². The van der Waals surface area contributed by atoms with Crippen molar-refractivity contribution < 1.29 is 9.53 Å². The number of fused-ring (bicyclic) bond motifs is 1. The summed E-state index contributed by atoms with van der Waals surface area (Å²) in [7, 11) is 1.64. The van der Waals surface area contributed by atoms with Crippen LogP contribution in [0.2, 0.25) is 0 Å². The number of amides is 1. The van der Waals surface area contributed by atoms with Crippen molar-refractivity contribution in [2.24, 2.45) is 0 Å². The van der Waals surface area contributed by atoms with Crippen molar-refractivity contribution in [2.75, 3.05) is 13.7 Å². The number of methoxy groups -OCH3 is 1. The van der Waals surface area contributed by atoms with E-state index < -0.39 is 0 Å². The van der Waals surface area contributed by atoms with E-state index in [1.165, 1.54) is 0 Å². The molecule has 0 spiro atoms. The first kappa shape index (κ1) is 18.1. The lowest BCUT2D eigenvalue weighted by atomic mass is 9.90. The van der Waals surface area contributed by atoms with Gasteiger partial charge in [-0.2, -0.15) is 5.10 Å². The van der Waals surface area contributed by atoms with E-state index in [1.54, 1.807) is 25.7 Å². The van der Waals surface area contributed by atoms with Crippen LogP contribution in [0.15, 0.2) is 61.1 Å². The molecular weight excluding hydrogens is 380 g/mol. The standard InChI is InChI=1S/C22H20N6O2/c1-30-15-7-5-14(6-8-15)16-11-28(12-20-21(16)25-13-24-20)22(29)19-10-18(26-27-19)17-4-2-3-9-23-17/h2-10,13,16H,11-12H2,1H3,(H,24,25)(H,26,27). The van der Waals surface area contributed by atoms with Crippen LogP contribution in [0.3, 0.4) is 0 Å². The lowest BCUT2D eigenvalue weighted by Gasteiger charge is -2.32. The fourth-order valence-electron chi connectivity index (χ4n) is 3.82. The molecule has 5 rings (SSSR count). The monoisotopic (exact) mass is 400 g/mol. The highest BCUT2D eigenvalue weighted by Crippen LogP contribution is 2.33. The number of hydrogen-bond acceptors (Lipinski definition) is 5. The number of aromatic nitrogens is 5. The van der Waals surface area contributed by atoms with Gasteiger partial charge in [-0.15, -0.1) is 0 Å². The Kier molecular flexibility index (Phi) is 4.51. The summed E-state index contributed by atoms with van der Waals surface area (Å²) < 4.78 is 5.26. The molecule has 0 bridgehead atoms. The number of nitrogens with zero attached hydrogens (tertiary/aromatic N) is 4. The van der Waals surface area contributed by atoms with E-state index in [4.69, 9.17) is 4.74 Å². The van der Waals surface area contributed by atoms with Crippen LogP contribution in [0.4, 0.5) is 0 Å². The Morgan fingerprint density at radius 2 is 2.00 bits per heavy atom. The first-order valence-electron chi connectivity index (χ1n) is 9.65. The van der Waals surface area contributed by atoms with E-state index in [-0.39, 0.29) is 11.8 Å². The second-order valence-corrected chi connectivity index (χ2v) is 7.16. The molecule has 0 fully saturated rings. The Hall–Kier alpha value is -3.94. The van der Waals surface area contributed by atoms with Crippen molar-refractivity contribution in [2.45, 2.75) is 12.5 Å². The van der Waals surface area contributed by atoms with Crippen LogP contribution in [0, 0.1) is 0 Å². The van der Waals surface area contributed by atoms with Gasteiger partial charge in [-0.3, -0.25) is 14.9 Å². The minimum Gasteiger partial charge on any atom is -0.497 e. The molecule has 0 radical (unpaired) electrons. The topological polar surface area (TPSA) is 99.8 Å². The number of aromatic amines is 2. The number of ether oxygens (including phenoxy) is 1. The highest BCUT2D eigenvalue weighted by Gasteiger charge is 2.32. The molecular formula is C22H20N6O2. The fourth-order valence-corrected chi connectivity index (χ4v) is 3.82. The average molecular weight is 400 g/mol. The maximum atomic E-state index is 13.2. The minimum absolute atomic E-state index is 0.0203. The largest absolute Gasteiger partial charge is 0.497 e. The molecule has 150 valence electrons. The highest BCUT2D eigenvalue weighted by molar-refractivity contribution is 5.93. The third-order valence-corrected chi connectivity index (χ3v) is 5.37. The number of carbonyl (C=O) groups is 1. The lowest BCUT2D eigenvalue weighted by Crippen LogP contribution is -2.39. The lowest BCUT2D eigenvalue weighted by molar-refractivity contribution is 0.0716. The number of hydrogen-bond donors (Lipinski definition) is 2. The second kappa shape index (κ2) is 7.47. The fraction of sp³-hybridized carbons (Fsp3) is 0.182. The number of nitrogens with one attached hydrogen (secondary N) is 2. The number of imidazole rings is 1. The SMILES string of the molecule is COc1ccc(C2CN(C(=O)c3cc(-c4ccccn4)n[nH]3)Cc3[nH]cnc32)cc1. The summed E-state index contributed by atoms with van der Waals surface area (Å²) in [6.07, 6.45) is 3.39.